The van der Waals surface area contributed by atoms with Gasteiger partial charge in [0, 0.05) is 25.0 Å². The summed E-state index contributed by atoms with van der Waals surface area (Å²) in [4.78, 5) is 14.8. The Kier molecular flexibility index (Phi) is 4.71. The van der Waals surface area contributed by atoms with Crippen LogP contribution in [0.5, 0.6) is 0 Å². The van der Waals surface area contributed by atoms with Crippen LogP contribution < -0.4 is 0 Å². The fraction of sp³-hybridized carbons (Fsp3) is 0.227. The molecule has 3 aromatic rings. The summed E-state index contributed by atoms with van der Waals surface area (Å²) >= 11 is 0. The van der Waals surface area contributed by atoms with E-state index in [0.29, 0.717) is 18.7 Å². The number of hydrogen-bond donors (Lipinski definition) is 0. The zero-order valence-corrected chi connectivity index (χ0v) is 15.1. The van der Waals surface area contributed by atoms with Gasteiger partial charge in [0.2, 0.25) is 5.91 Å². The van der Waals surface area contributed by atoms with Crippen molar-refractivity contribution in [2.45, 2.75) is 25.2 Å². The first kappa shape index (κ1) is 18.3. The Balaban J connectivity index is 1.63. The molecule has 2 heterocycles. The second kappa shape index (κ2) is 7.19. The molecule has 0 fully saturated rings. The summed E-state index contributed by atoms with van der Waals surface area (Å²) < 4.78 is 41.0. The molecule has 1 unspecified atom stereocenters. The van der Waals surface area contributed by atoms with Gasteiger partial charge in [-0.05, 0) is 29.3 Å². The van der Waals surface area contributed by atoms with E-state index < -0.39 is 11.7 Å². The summed E-state index contributed by atoms with van der Waals surface area (Å²) in [5.74, 6) is -0.180. The van der Waals surface area contributed by atoms with E-state index in [9.17, 15) is 18.0 Å². The Morgan fingerprint density at radius 1 is 0.964 bits per heavy atom. The number of benzene rings is 2. The molecule has 3 nitrogen and oxygen atoms in total. The van der Waals surface area contributed by atoms with Crippen molar-refractivity contribution in [1.29, 1.82) is 0 Å². The maximum atomic E-state index is 13.1. The largest absolute Gasteiger partial charge is 0.416 e. The third-order valence-corrected chi connectivity index (χ3v) is 5.08. The highest BCUT2D eigenvalue weighted by Crippen LogP contribution is 2.33. The quantitative estimate of drug-likeness (QED) is 0.644. The zero-order valence-electron chi connectivity index (χ0n) is 15.1. The normalized spacial score (nSPS) is 16.7. The van der Waals surface area contributed by atoms with Gasteiger partial charge in [-0.15, -0.1) is 0 Å². The van der Waals surface area contributed by atoms with Crippen molar-refractivity contribution in [1.82, 2.24) is 9.47 Å². The topological polar surface area (TPSA) is 25.2 Å². The molecule has 0 N–H and O–H groups in total. The predicted octanol–water partition coefficient (Wildman–Crippen LogP) is 4.68. The van der Waals surface area contributed by atoms with Gasteiger partial charge in [-0.1, -0.05) is 48.5 Å². The lowest BCUT2D eigenvalue weighted by atomic mass is 9.98. The molecular weight excluding hydrogens is 365 g/mol. The van der Waals surface area contributed by atoms with Gasteiger partial charge in [-0.25, -0.2) is 0 Å². The molecule has 144 valence electrons. The van der Waals surface area contributed by atoms with Gasteiger partial charge >= 0.3 is 6.18 Å². The smallest absolute Gasteiger partial charge is 0.348 e. The minimum atomic E-state index is -4.42. The molecule has 1 atom stereocenters. The fourth-order valence-corrected chi connectivity index (χ4v) is 3.77. The van der Waals surface area contributed by atoms with Crippen LogP contribution in [0.3, 0.4) is 0 Å². The molecule has 0 radical (unpaired) electrons. The van der Waals surface area contributed by atoms with Crippen molar-refractivity contribution in [3.8, 4) is 0 Å². The van der Waals surface area contributed by atoms with Crippen molar-refractivity contribution < 1.29 is 18.0 Å². The molecule has 1 aromatic heterocycles. The number of aromatic nitrogens is 1. The van der Waals surface area contributed by atoms with Gasteiger partial charge in [0.05, 0.1) is 18.0 Å². The molecular formula is C22H19F3N2O. The molecule has 0 saturated heterocycles. The van der Waals surface area contributed by atoms with E-state index in [4.69, 9.17) is 0 Å². The Hall–Kier alpha value is -3.02. The van der Waals surface area contributed by atoms with Gasteiger partial charge in [-0.3, -0.25) is 4.79 Å². The number of hydrogen-bond acceptors (Lipinski definition) is 1. The van der Waals surface area contributed by atoms with Gasteiger partial charge < -0.3 is 9.47 Å². The number of carbonyl (C=O) groups is 1. The van der Waals surface area contributed by atoms with E-state index in [1.807, 2.05) is 48.7 Å². The highest BCUT2D eigenvalue weighted by atomic mass is 19.4. The van der Waals surface area contributed by atoms with Crippen LogP contribution in [0.1, 0.15) is 28.4 Å². The lowest BCUT2D eigenvalue weighted by Crippen LogP contribution is -2.43. The second-order valence-corrected chi connectivity index (χ2v) is 6.90. The van der Waals surface area contributed by atoms with Crippen molar-refractivity contribution in [3.05, 3.63) is 95.3 Å². The lowest BCUT2D eigenvalue weighted by molar-refractivity contribution is -0.138. The number of alkyl halides is 3. The van der Waals surface area contributed by atoms with E-state index >= 15 is 0 Å². The Morgan fingerprint density at radius 2 is 1.75 bits per heavy atom. The Morgan fingerprint density at radius 3 is 2.50 bits per heavy atom. The molecule has 2 aromatic carbocycles. The summed E-state index contributed by atoms with van der Waals surface area (Å²) in [5, 5.41) is 0. The number of carbonyl (C=O) groups excluding carboxylic acids is 1. The van der Waals surface area contributed by atoms with E-state index in [-0.39, 0.29) is 18.4 Å². The molecule has 4 rings (SSSR count). The van der Waals surface area contributed by atoms with E-state index in [0.717, 1.165) is 23.4 Å². The average molecular weight is 384 g/mol. The Bertz CT molecular complexity index is 979. The molecule has 1 aliphatic rings. The summed E-state index contributed by atoms with van der Waals surface area (Å²) in [6.07, 6.45) is -2.49. The first-order valence-corrected chi connectivity index (χ1v) is 9.09. The highest BCUT2D eigenvalue weighted by Gasteiger charge is 2.33. The fourth-order valence-electron chi connectivity index (χ4n) is 3.77. The minimum absolute atomic E-state index is 0.0615. The monoisotopic (exact) mass is 384 g/mol. The van der Waals surface area contributed by atoms with E-state index in [2.05, 4.69) is 4.57 Å². The average Bonchev–Trinajstić information content (AvgIpc) is 3.16. The third-order valence-electron chi connectivity index (χ3n) is 5.08. The summed E-state index contributed by atoms with van der Waals surface area (Å²) in [6.45, 7) is 1.18. The van der Waals surface area contributed by atoms with Gasteiger partial charge in [0.1, 0.15) is 0 Å². The molecule has 0 bridgehead atoms. The van der Waals surface area contributed by atoms with Crippen LogP contribution in [0.4, 0.5) is 13.2 Å². The summed E-state index contributed by atoms with van der Waals surface area (Å²) in [5.41, 5.74) is 1.63. The van der Waals surface area contributed by atoms with Crippen molar-refractivity contribution in [3.63, 3.8) is 0 Å². The maximum Gasteiger partial charge on any atom is 0.416 e. The molecule has 1 aliphatic heterocycles. The van der Waals surface area contributed by atoms with Gasteiger partial charge in [0.25, 0.3) is 0 Å². The van der Waals surface area contributed by atoms with E-state index in [1.54, 1.807) is 11.0 Å². The molecule has 0 aliphatic carbocycles. The first-order chi connectivity index (χ1) is 13.4. The first-order valence-electron chi connectivity index (χ1n) is 9.09. The number of halogens is 3. The molecule has 0 spiro atoms. The van der Waals surface area contributed by atoms with Crippen molar-refractivity contribution in [2.24, 2.45) is 0 Å². The number of rotatable bonds is 3. The second-order valence-electron chi connectivity index (χ2n) is 6.90. The van der Waals surface area contributed by atoms with Crippen molar-refractivity contribution in [2.75, 3.05) is 6.54 Å². The highest BCUT2D eigenvalue weighted by molar-refractivity contribution is 5.80. The van der Waals surface area contributed by atoms with Crippen LogP contribution in [0.2, 0.25) is 0 Å². The zero-order chi connectivity index (χ0) is 19.7. The molecule has 6 heteroatoms. The maximum absolute atomic E-state index is 13.1. The van der Waals surface area contributed by atoms with Crippen molar-refractivity contribution >= 4 is 5.91 Å². The van der Waals surface area contributed by atoms with Crippen LogP contribution in [0, 0.1) is 0 Å². The van der Waals surface area contributed by atoms with Crippen LogP contribution in [-0.4, -0.2) is 21.9 Å². The van der Waals surface area contributed by atoms with Crippen LogP contribution >= 0.6 is 0 Å². The standard InChI is InChI=1S/C22H19F3N2O/c23-22(24,25)18-9-4-6-16(14-18)15-20(28)27-13-12-26-11-5-10-19(26)21(27)17-7-2-1-3-8-17/h1-11,14,21H,12-13,15H2. The third kappa shape index (κ3) is 3.54. The van der Waals surface area contributed by atoms with Crippen LogP contribution in [-0.2, 0) is 23.9 Å². The molecule has 0 saturated carbocycles. The number of fused-ring (bicyclic) bond motifs is 1. The van der Waals surface area contributed by atoms with Gasteiger partial charge in [0.15, 0.2) is 0 Å². The number of nitrogens with zero attached hydrogens (tertiary/aromatic N) is 2. The van der Waals surface area contributed by atoms with E-state index in [1.165, 1.54) is 6.07 Å². The number of amides is 1. The minimum Gasteiger partial charge on any atom is -0.348 e. The SMILES string of the molecule is O=C(Cc1cccc(C(F)(F)F)c1)N1CCn2cccc2C1c1ccccc1. The van der Waals surface area contributed by atoms with Gasteiger partial charge in [-0.2, -0.15) is 13.2 Å². The lowest BCUT2D eigenvalue weighted by Gasteiger charge is -2.37. The van der Waals surface area contributed by atoms with Crippen LogP contribution in [0.25, 0.3) is 0 Å². The molecule has 1 amide bonds. The summed E-state index contributed by atoms with van der Waals surface area (Å²) in [6, 6.07) is 18.4. The molecule has 28 heavy (non-hydrogen) atoms. The Labute approximate surface area is 161 Å². The predicted molar refractivity (Wildman–Crippen MR) is 99.6 cm³/mol. The summed E-state index contributed by atoms with van der Waals surface area (Å²) in [7, 11) is 0. The van der Waals surface area contributed by atoms with Crippen LogP contribution in [0.15, 0.2) is 72.9 Å².